The van der Waals surface area contributed by atoms with Crippen LogP contribution in [-0.2, 0) is 0 Å². The summed E-state index contributed by atoms with van der Waals surface area (Å²) in [4.78, 5) is 23.7. The average molecular weight is 376 g/mol. The van der Waals surface area contributed by atoms with Crippen LogP contribution < -0.4 is 10.5 Å². The molecule has 1 fully saturated rings. The smallest absolute Gasteiger partial charge is 0.272 e. The van der Waals surface area contributed by atoms with Gasteiger partial charge in [0.05, 0.1) is 16.5 Å². The number of hydrogen-bond acceptors (Lipinski definition) is 6. The van der Waals surface area contributed by atoms with Crippen LogP contribution >= 0.6 is 0 Å². The number of amidine groups is 1. The third-order valence-electron chi connectivity index (χ3n) is 5.97. The van der Waals surface area contributed by atoms with Crippen LogP contribution in [0, 0.1) is 0 Å². The highest BCUT2D eigenvalue weighted by molar-refractivity contribution is 6.18. The van der Waals surface area contributed by atoms with E-state index < -0.39 is 0 Å². The number of piperidine rings is 1. The summed E-state index contributed by atoms with van der Waals surface area (Å²) in [7, 11) is 4.39. The molecule has 0 spiro atoms. The molecule has 3 aliphatic rings. The average Bonchev–Trinajstić information content (AvgIpc) is 2.71. The first-order valence-corrected chi connectivity index (χ1v) is 9.77. The zero-order valence-corrected chi connectivity index (χ0v) is 16.2. The largest absolute Gasteiger partial charge is 0.306 e. The summed E-state index contributed by atoms with van der Waals surface area (Å²) in [5.41, 5.74) is 1.82. The van der Waals surface area contributed by atoms with Crippen molar-refractivity contribution in [1.82, 2.24) is 20.0 Å². The number of likely N-dealkylation sites (N-methyl/N-ethyl adjacent to an activating group) is 1. The second-order valence-corrected chi connectivity index (χ2v) is 7.90. The molecule has 0 saturated carbocycles. The van der Waals surface area contributed by atoms with E-state index in [4.69, 9.17) is 4.99 Å². The molecule has 28 heavy (non-hydrogen) atoms. The number of fused-ring (bicyclic) bond motifs is 2. The molecule has 0 radical (unpaired) electrons. The normalized spacial score (nSPS) is 19.8. The molecule has 1 aromatic carbocycles. The summed E-state index contributed by atoms with van der Waals surface area (Å²) >= 11 is 0. The van der Waals surface area contributed by atoms with E-state index in [1.54, 1.807) is 0 Å². The van der Waals surface area contributed by atoms with Crippen molar-refractivity contribution < 1.29 is 0 Å². The minimum absolute atomic E-state index is 0.182. The maximum atomic E-state index is 12.2. The zero-order valence-electron chi connectivity index (χ0n) is 16.2. The number of aromatic nitrogens is 2. The minimum atomic E-state index is -0.182. The molecular weight excluding hydrogens is 352 g/mol. The lowest BCUT2D eigenvalue weighted by Gasteiger charge is -2.36. The number of likely N-dealkylation sites (tertiary alicyclic amines) is 1. The summed E-state index contributed by atoms with van der Waals surface area (Å²) in [5.74, 6) is 1.56. The van der Waals surface area contributed by atoms with Crippen molar-refractivity contribution in [2.24, 2.45) is 4.99 Å². The first-order chi connectivity index (χ1) is 13.6. The Morgan fingerprint density at radius 1 is 1.25 bits per heavy atom. The summed E-state index contributed by atoms with van der Waals surface area (Å²) < 4.78 is 0. The van der Waals surface area contributed by atoms with Gasteiger partial charge in [-0.25, -0.2) is 10.1 Å². The summed E-state index contributed by atoms with van der Waals surface area (Å²) in [5, 5.41) is 8.41. The Kier molecular flexibility index (Phi) is 4.14. The highest BCUT2D eigenvalue weighted by Gasteiger charge is 2.26. The number of benzene rings is 1. The lowest BCUT2D eigenvalue weighted by molar-refractivity contribution is 0.153. The number of rotatable bonds is 3. The molecule has 1 aromatic heterocycles. The second-order valence-electron chi connectivity index (χ2n) is 7.90. The van der Waals surface area contributed by atoms with Gasteiger partial charge in [-0.05, 0) is 63.8 Å². The van der Waals surface area contributed by atoms with E-state index >= 15 is 0 Å². The maximum Gasteiger partial charge on any atom is 0.272 e. The van der Waals surface area contributed by atoms with Crippen molar-refractivity contribution in [2.75, 3.05) is 38.6 Å². The fourth-order valence-electron chi connectivity index (χ4n) is 4.32. The van der Waals surface area contributed by atoms with E-state index in [2.05, 4.69) is 46.4 Å². The summed E-state index contributed by atoms with van der Waals surface area (Å²) in [6, 6.07) is 6.22. The Labute approximate surface area is 163 Å². The van der Waals surface area contributed by atoms with Crippen LogP contribution in [0.15, 0.2) is 51.9 Å². The molecule has 1 saturated heterocycles. The first kappa shape index (κ1) is 17.3. The molecule has 3 aliphatic heterocycles. The topological polar surface area (TPSA) is 67.8 Å². The predicted octanol–water partition coefficient (Wildman–Crippen LogP) is 2.25. The van der Waals surface area contributed by atoms with Gasteiger partial charge in [0.15, 0.2) is 5.82 Å². The third kappa shape index (κ3) is 2.87. The van der Waals surface area contributed by atoms with Crippen LogP contribution in [0.4, 0.5) is 11.5 Å². The van der Waals surface area contributed by atoms with Gasteiger partial charge in [-0.2, -0.15) is 5.10 Å². The van der Waals surface area contributed by atoms with E-state index in [9.17, 15) is 4.79 Å². The monoisotopic (exact) mass is 376 g/mol. The lowest BCUT2D eigenvalue weighted by Crippen LogP contribution is -2.42. The van der Waals surface area contributed by atoms with E-state index in [1.165, 1.54) is 18.4 Å². The molecule has 7 heteroatoms. The number of aromatic amines is 1. The quantitative estimate of drug-likeness (QED) is 0.890. The van der Waals surface area contributed by atoms with Gasteiger partial charge in [0.25, 0.3) is 5.56 Å². The van der Waals surface area contributed by atoms with Crippen molar-refractivity contribution in [2.45, 2.75) is 18.9 Å². The number of H-pyrrole nitrogens is 1. The third-order valence-corrected chi connectivity index (χ3v) is 5.97. The first-order valence-electron chi connectivity index (χ1n) is 9.77. The van der Waals surface area contributed by atoms with Gasteiger partial charge in [0.1, 0.15) is 5.84 Å². The van der Waals surface area contributed by atoms with E-state index in [-0.39, 0.29) is 5.56 Å². The zero-order chi connectivity index (χ0) is 19.3. The van der Waals surface area contributed by atoms with Crippen molar-refractivity contribution >= 4 is 28.1 Å². The van der Waals surface area contributed by atoms with E-state index in [1.807, 2.05) is 29.2 Å². The van der Waals surface area contributed by atoms with Crippen LogP contribution in [-0.4, -0.2) is 65.6 Å². The summed E-state index contributed by atoms with van der Waals surface area (Å²) in [6.07, 6.45) is 8.68. The van der Waals surface area contributed by atoms with Crippen molar-refractivity contribution in [3.8, 4) is 0 Å². The molecule has 2 aromatic rings. The van der Waals surface area contributed by atoms with Crippen LogP contribution in [0.5, 0.6) is 0 Å². The van der Waals surface area contributed by atoms with Gasteiger partial charge >= 0.3 is 0 Å². The molecular formula is C21H24N6O. The number of nitrogens with one attached hydrogen (secondary N) is 1. The van der Waals surface area contributed by atoms with Gasteiger partial charge in [-0.1, -0.05) is 12.1 Å². The predicted molar refractivity (Wildman–Crippen MR) is 112 cm³/mol. The van der Waals surface area contributed by atoms with Gasteiger partial charge in [-0.15, -0.1) is 0 Å². The lowest BCUT2D eigenvalue weighted by atomic mass is 10.0. The molecule has 1 N–H and O–H groups in total. The van der Waals surface area contributed by atoms with Crippen LogP contribution in [0.3, 0.4) is 0 Å². The van der Waals surface area contributed by atoms with Crippen LogP contribution in [0.1, 0.15) is 12.8 Å². The Balaban J connectivity index is 1.45. The molecule has 144 valence electrons. The van der Waals surface area contributed by atoms with Crippen molar-refractivity contribution in [1.29, 1.82) is 0 Å². The van der Waals surface area contributed by atoms with Gasteiger partial charge in [-0.3, -0.25) is 14.6 Å². The van der Waals surface area contributed by atoms with E-state index in [0.29, 0.717) is 11.4 Å². The van der Waals surface area contributed by atoms with Crippen LogP contribution in [0.25, 0.3) is 10.8 Å². The fourth-order valence-corrected chi connectivity index (χ4v) is 4.32. The molecule has 4 heterocycles. The maximum absolute atomic E-state index is 12.2. The molecule has 0 unspecified atom stereocenters. The number of nitrogens with zero attached hydrogens (tertiary/aromatic N) is 5. The highest BCUT2D eigenvalue weighted by atomic mass is 16.1. The number of aliphatic imine (C=N–C) groups is 1. The van der Waals surface area contributed by atoms with Crippen molar-refractivity contribution in [3.05, 3.63) is 52.5 Å². The van der Waals surface area contributed by atoms with Gasteiger partial charge in [0.2, 0.25) is 0 Å². The number of hydrogen-bond donors (Lipinski definition) is 1. The van der Waals surface area contributed by atoms with Gasteiger partial charge in [0, 0.05) is 18.8 Å². The molecule has 5 rings (SSSR count). The SMILES string of the molecule is CN1CCC(N(C)CC2=CN3C(=Nc4cccc5c(=O)[nH]nc3c45)C=C2)CC1. The Hall–Kier alpha value is -2.77. The van der Waals surface area contributed by atoms with Gasteiger partial charge < -0.3 is 4.90 Å². The molecule has 7 nitrogen and oxygen atoms in total. The Morgan fingerprint density at radius 2 is 2.07 bits per heavy atom. The summed E-state index contributed by atoms with van der Waals surface area (Å²) in [6.45, 7) is 3.19. The molecule has 0 atom stereocenters. The second kappa shape index (κ2) is 6.68. The Morgan fingerprint density at radius 3 is 2.89 bits per heavy atom. The number of anilines is 1. The standard InChI is InChI=1S/C21H24N6O/c1-25-10-8-15(9-11-25)26(2)12-14-6-7-18-22-17-5-3-4-16-19(17)20(27(18)13-14)23-24-21(16)28/h3-7,13,15H,8-12H2,1-2H3,(H,24,28). The minimum Gasteiger partial charge on any atom is -0.306 e. The van der Waals surface area contributed by atoms with Crippen LogP contribution in [0.2, 0.25) is 0 Å². The fraction of sp³-hybridized carbons (Fsp3) is 0.381. The molecule has 0 bridgehead atoms. The van der Waals surface area contributed by atoms with Crippen molar-refractivity contribution in [3.63, 3.8) is 0 Å². The Bertz CT molecular complexity index is 1070. The molecule has 0 amide bonds. The highest BCUT2D eigenvalue weighted by Crippen LogP contribution is 2.37. The van der Waals surface area contributed by atoms with E-state index in [0.717, 1.165) is 42.4 Å². The molecule has 0 aliphatic carbocycles.